The van der Waals surface area contributed by atoms with E-state index in [0.717, 1.165) is 6.42 Å². The first-order chi connectivity index (χ1) is 9.34. The van der Waals surface area contributed by atoms with Gasteiger partial charge in [0.25, 0.3) is 0 Å². The molecule has 1 N–H and O–H groups in total. The second-order valence-corrected chi connectivity index (χ2v) is 6.93. The third-order valence-electron chi connectivity index (χ3n) is 5.21. The molecule has 0 radical (unpaired) electrons. The number of carbonyl (C=O) groups excluding carboxylic acids is 2. The fourth-order valence-electron chi connectivity index (χ4n) is 3.39. The molecule has 0 aromatic rings. The number of nitrogens with one attached hydrogen (secondary N) is 1. The summed E-state index contributed by atoms with van der Waals surface area (Å²) >= 11 is 0. The number of hydrogen-bond acceptors (Lipinski definition) is 2. The molecular weight excluding hydrogens is 252 g/mol. The van der Waals surface area contributed by atoms with Crippen LogP contribution in [0.25, 0.3) is 0 Å². The maximum atomic E-state index is 12.9. The van der Waals surface area contributed by atoms with Gasteiger partial charge in [0.1, 0.15) is 12.1 Å². The Bertz CT molecular complexity index is 401. The van der Waals surface area contributed by atoms with Crippen LogP contribution in [-0.4, -0.2) is 34.3 Å². The first kappa shape index (κ1) is 15.3. The summed E-state index contributed by atoms with van der Waals surface area (Å²) in [6.45, 7) is 10.3. The molecule has 1 saturated heterocycles. The van der Waals surface area contributed by atoms with Crippen LogP contribution in [0.5, 0.6) is 0 Å². The SMILES string of the molecule is CCC(C)C1NC(=O)C(CC)N(C(C)(C)C2CC2)C1=O. The van der Waals surface area contributed by atoms with Crippen LogP contribution < -0.4 is 5.32 Å². The van der Waals surface area contributed by atoms with Crippen molar-refractivity contribution in [2.75, 3.05) is 0 Å². The standard InChI is InChI=1S/C16H28N2O2/c1-6-10(3)13-15(20)18(12(7-2)14(19)17-13)16(4,5)11-8-9-11/h10-13H,6-9H2,1-5H3,(H,17,19). The first-order valence-corrected chi connectivity index (χ1v) is 7.98. The van der Waals surface area contributed by atoms with E-state index in [4.69, 9.17) is 0 Å². The highest BCUT2D eigenvalue weighted by molar-refractivity contribution is 5.97. The van der Waals surface area contributed by atoms with E-state index in [1.54, 1.807) is 0 Å². The zero-order valence-electron chi connectivity index (χ0n) is 13.4. The summed E-state index contributed by atoms with van der Waals surface area (Å²) in [5.74, 6) is 0.861. The highest BCUT2D eigenvalue weighted by atomic mass is 16.2. The Balaban J connectivity index is 2.32. The average Bonchev–Trinajstić information content (AvgIpc) is 3.23. The molecule has 4 heteroatoms. The predicted octanol–water partition coefficient (Wildman–Crippen LogP) is 2.33. The molecule has 0 aromatic heterocycles. The monoisotopic (exact) mass is 280 g/mol. The van der Waals surface area contributed by atoms with Crippen molar-refractivity contribution in [1.82, 2.24) is 10.2 Å². The zero-order valence-corrected chi connectivity index (χ0v) is 13.4. The molecule has 3 unspecified atom stereocenters. The molecule has 0 aromatic carbocycles. The van der Waals surface area contributed by atoms with Crippen molar-refractivity contribution in [2.45, 2.75) is 77.9 Å². The number of rotatable bonds is 5. The van der Waals surface area contributed by atoms with Gasteiger partial charge in [0, 0.05) is 5.54 Å². The molecule has 114 valence electrons. The number of amides is 2. The Morgan fingerprint density at radius 1 is 1.30 bits per heavy atom. The van der Waals surface area contributed by atoms with E-state index in [9.17, 15) is 9.59 Å². The van der Waals surface area contributed by atoms with Crippen LogP contribution in [0.15, 0.2) is 0 Å². The quantitative estimate of drug-likeness (QED) is 0.840. The van der Waals surface area contributed by atoms with Gasteiger partial charge in [-0.3, -0.25) is 9.59 Å². The number of nitrogens with zero attached hydrogens (tertiary/aromatic N) is 1. The predicted molar refractivity (Wildman–Crippen MR) is 79.1 cm³/mol. The third-order valence-corrected chi connectivity index (χ3v) is 5.21. The summed E-state index contributed by atoms with van der Waals surface area (Å²) in [5, 5.41) is 2.95. The van der Waals surface area contributed by atoms with Crippen molar-refractivity contribution in [1.29, 1.82) is 0 Å². The Labute approximate surface area is 122 Å². The highest BCUT2D eigenvalue weighted by Gasteiger charge is 2.52. The minimum Gasteiger partial charge on any atom is -0.342 e. The maximum Gasteiger partial charge on any atom is 0.246 e. The average molecular weight is 280 g/mol. The number of carbonyl (C=O) groups is 2. The molecular formula is C16H28N2O2. The van der Waals surface area contributed by atoms with E-state index in [1.807, 2.05) is 18.7 Å². The molecule has 2 fully saturated rings. The van der Waals surface area contributed by atoms with Gasteiger partial charge in [0.05, 0.1) is 0 Å². The molecule has 2 rings (SSSR count). The van der Waals surface area contributed by atoms with Gasteiger partial charge in [-0.1, -0.05) is 27.2 Å². The fraction of sp³-hybridized carbons (Fsp3) is 0.875. The number of hydrogen-bond donors (Lipinski definition) is 1. The molecule has 1 aliphatic heterocycles. The highest BCUT2D eigenvalue weighted by Crippen LogP contribution is 2.44. The number of piperazine rings is 1. The summed E-state index contributed by atoms with van der Waals surface area (Å²) < 4.78 is 0. The van der Waals surface area contributed by atoms with Gasteiger partial charge in [-0.2, -0.15) is 0 Å². The van der Waals surface area contributed by atoms with Crippen LogP contribution in [0.4, 0.5) is 0 Å². The summed E-state index contributed by atoms with van der Waals surface area (Å²) in [4.78, 5) is 27.2. The van der Waals surface area contributed by atoms with E-state index < -0.39 is 0 Å². The van der Waals surface area contributed by atoms with E-state index >= 15 is 0 Å². The van der Waals surface area contributed by atoms with Gasteiger partial charge in [0.2, 0.25) is 11.8 Å². The third kappa shape index (κ3) is 2.45. The van der Waals surface area contributed by atoms with Crippen LogP contribution in [0.3, 0.4) is 0 Å². The van der Waals surface area contributed by atoms with Crippen molar-refractivity contribution in [3.05, 3.63) is 0 Å². The van der Waals surface area contributed by atoms with Gasteiger partial charge in [-0.25, -0.2) is 0 Å². The molecule has 2 aliphatic rings. The van der Waals surface area contributed by atoms with Crippen LogP contribution in [-0.2, 0) is 9.59 Å². The summed E-state index contributed by atoms with van der Waals surface area (Å²) in [5.41, 5.74) is -0.207. The molecule has 1 aliphatic carbocycles. The van der Waals surface area contributed by atoms with Crippen LogP contribution in [0.2, 0.25) is 0 Å². The zero-order chi connectivity index (χ0) is 15.1. The Hall–Kier alpha value is -1.06. The second-order valence-electron chi connectivity index (χ2n) is 6.93. The van der Waals surface area contributed by atoms with Crippen LogP contribution in [0.1, 0.15) is 60.3 Å². The largest absolute Gasteiger partial charge is 0.342 e. The molecule has 1 heterocycles. The minimum atomic E-state index is -0.353. The lowest BCUT2D eigenvalue weighted by Crippen LogP contribution is -2.69. The van der Waals surface area contributed by atoms with E-state index in [-0.39, 0.29) is 35.4 Å². The molecule has 2 amide bonds. The lowest BCUT2D eigenvalue weighted by molar-refractivity contribution is -0.158. The minimum absolute atomic E-state index is 0.0196. The van der Waals surface area contributed by atoms with Crippen molar-refractivity contribution < 1.29 is 9.59 Å². The summed E-state index contributed by atoms with van der Waals surface area (Å²) in [6.07, 6.45) is 3.91. The van der Waals surface area contributed by atoms with Gasteiger partial charge in [-0.15, -0.1) is 0 Å². The van der Waals surface area contributed by atoms with Crippen LogP contribution >= 0.6 is 0 Å². The normalized spacial score (nSPS) is 29.4. The Morgan fingerprint density at radius 2 is 1.90 bits per heavy atom. The van der Waals surface area contributed by atoms with E-state index in [0.29, 0.717) is 12.3 Å². The molecule has 0 bridgehead atoms. The van der Waals surface area contributed by atoms with Gasteiger partial charge >= 0.3 is 0 Å². The van der Waals surface area contributed by atoms with E-state index in [2.05, 4.69) is 26.1 Å². The Kier molecular flexibility index (Phi) is 4.12. The molecule has 20 heavy (non-hydrogen) atoms. The van der Waals surface area contributed by atoms with Gasteiger partial charge < -0.3 is 10.2 Å². The van der Waals surface area contributed by atoms with Crippen molar-refractivity contribution in [2.24, 2.45) is 11.8 Å². The summed E-state index contributed by atoms with van der Waals surface area (Å²) in [7, 11) is 0. The fourth-order valence-corrected chi connectivity index (χ4v) is 3.39. The van der Waals surface area contributed by atoms with Crippen molar-refractivity contribution in [3.63, 3.8) is 0 Å². The van der Waals surface area contributed by atoms with Gasteiger partial charge in [-0.05, 0) is 44.9 Å². The smallest absolute Gasteiger partial charge is 0.246 e. The molecule has 3 atom stereocenters. The van der Waals surface area contributed by atoms with Crippen molar-refractivity contribution in [3.8, 4) is 0 Å². The molecule has 1 saturated carbocycles. The summed E-state index contributed by atoms with van der Waals surface area (Å²) in [6, 6.07) is -0.660. The lowest BCUT2D eigenvalue weighted by atomic mass is 9.87. The Morgan fingerprint density at radius 3 is 2.35 bits per heavy atom. The first-order valence-electron chi connectivity index (χ1n) is 7.98. The molecule has 0 spiro atoms. The molecule has 4 nitrogen and oxygen atoms in total. The second kappa shape index (κ2) is 5.38. The lowest BCUT2D eigenvalue weighted by Gasteiger charge is -2.49. The van der Waals surface area contributed by atoms with Crippen molar-refractivity contribution >= 4 is 11.8 Å². The van der Waals surface area contributed by atoms with Gasteiger partial charge in [0.15, 0.2) is 0 Å². The maximum absolute atomic E-state index is 12.9. The van der Waals surface area contributed by atoms with E-state index in [1.165, 1.54) is 12.8 Å². The van der Waals surface area contributed by atoms with Crippen LogP contribution in [0, 0.1) is 11.8 Å². The topological polar surface area (TPSA) is 49.4 Å².